The van der Waals surface area contributed by atoms with E-state index in [1.165, 1.54) is 32.1 Å². The molecule has 0 aromatic heterocycles. The van der Waals surface area contributed by atoms with Crippen LogP contribution in [0.5, 0.6) is 0 Å². The Morgan fingerprint density at radius 3 is 1.87 bits per heavy atom. The highest BCUT2D eigenvalue weighted by Crippen LogP contribution is 2.19. The third-order valence-corrected chi connectivity index (χ3v) is 5.14. The molecule has 0 aromatic carbocycles. The smallest absolute Gasteiger partial charge is 0.347 e. The molecule has 0 bridgehead atoms. The first-order valence-electron chi connectivity index (χ1n) is 12.2. The number of hydrogen-bond acceptors (Lipinski definition) is 6. The second kappa shape index (κ2) is 20.1. The highest BCUT2D eigenvalue weighted by atomic mass is 16.6. The Morgan fingerprint density at radius 2 is 1.29 bits per heavy atom. The third-order valence-electron chi connectivity index (χ3n) is 5.14. The summed E-state index contributed by atoms with van der Waals surface area (Å²) in [4.78, 5) is 36.6. The quantitative estimate of drug-likeness (QED) is 0.101. The predicted molar refractivity (Wildman–Crippen MR) is 123 cm³/mol. The molecule has 0 fully saturated rings. The number of esters is 3. The van der Waals surface area contributed by atoms with Crippen LogP contribution in [0.3, 0.4) is 0 Å². The van der Waals surface area contributed by atoms with Gasteiger partial charge < -0.3 is 14.2 Å². The Kier molecular flexibility index (Phi) is 18.9. The summed E-state index contributed by atoms with van der Waals surface area (Å²) in [5.74, 6) is -2.19. The van der Waals surface area contributed by atoms with Gasteiger partial charge in [-0.1, -0.05) is 85.1 Å². The molecule has 2 atom stereocenters. The standard InChI is InChI=1S/C25H44O6/c1-5-9-11-12-13-14-15-16-19-29-24(27)21(17-7-3)20-22(31-23(26)8-4)25(28)30-18-10-6-2/h8,21-22H,4-7,9-20H2,1-3H3. The fourth-order valence-corrected chi connectivity index (χ4v) is 3.26. The van der Waals surface area contributed by atoms with E-state index >= 15 is 0 Å². The number of rotatable bonds is 20. The molecule has 180 valence electrons. The van der Waals surface area contributed by atoms with Gasteiger partial charge in [0.2, 0.25) is 0 Å². The van der Waals surface area contributed by atoms with E-state index in [1.54, 1.807) is 0 Å². The van der Waals surface area contributed by atoms with Crippen molar-refractivity contribution in [1.29, 1.82) is 0 Å². The van der Waals surface area contributed by atoms with Gasteiger partial charge in [0.05, 0.1) is 19.1 Å². The Balaban J connectivity index is 4.55. The molecule has 0 aliphatic rings. The van der Waals surface area contributed by atoms with Crippen LogP contribution in [0.25, 0.3) is 0 Å². The van der Waals surface area contributed by atoms with Gasteiger partial charge in [0.1, 0.15) is 0 Å². The van der Waals surface area contributed by atoms with Crippen molar-refractivity contribution in [2.45, 2.75) is 110 Å². The highest BCUT2D eigenvalue weighted by Gasteiger charge is 2.31. The minimum atomic E-state index is -1.13. The van der Waals surface area contributed by atoms with E-state index in [9.17, 15) is 14.4 Å². The molecule has 0 saturated heterocycles. The van der Waals surface area contributed by atoms with Crippen molar-refractivity contribution in [3.8, 4) is 0 Å². The highest BCUT2D eigenvalue weighted by molar-refractivity contribution is 5.85. The Hall–Kier alpha value is -1.85. The molecule has 0 aliphatic carbocycles. The van der Waals surface area contributed by atoms with E-state index in [-0.39, 0.29) is 19.0 Å². The summed E-state index contributed by atoms with van der Waals surface area (Å²) >= 11 is 0. The van der Waals surface area contributed by atoms with Gasteiger partial charge in [0.15, 0.2) is 6.10 Å². The SMILES string of the molecule is C=CC(=O)OC(CC(CCC)C(=O)OCCCCCCCCCC)C(=O)OCCCC. The number of carbonyl (C=O) groups excluding carboxylic acids is 3. The van der Waals surface area contributed by atoms with E-state index in [0.717, 1.165) is 44.6 Å². The Labute approximate surface area is 189 Å². The van der Waals surface area contributed by atoms with E-state index in [4.69, 9.17) is 14.2 Å². The summed E-state index contributed by atoms with van der Waals surface area (Å²) in [6.45, 7) is 10.2. The second-order valence-electron chi connectivity index (χ2n) is 8.01. The molecule has 6 heteroatoms. The zero-order valence-electron chi connectivity index (χ0n) is 20.0. The summed E-state index contributed by atoms with van der Waals surface area (Å²) in [6.07, 6.45) is 12.2. The Bertz CT molecular complexity index is 502. The molecule has 0 amide bonds. The average Bonchev–Trinajstić information content (AvgIpc) is 2.76. The van der Waals surface area contributed by atoms with Crippen LogP contribution in [0, 0.1) is 5.92 Å². The summed E-state index contributed by atoms with van der Waals surface area (Å²) in [6, 6.07) is 0. The van der Waals surface area contributed by atoms with Crippen molar-refractivity contribution in [2.75, 3.05) is 13.2 Å². The molecule has 0 N–H and O–H groups in total. The summed E-state index contributed by atoms with van der Waals surface area (Å²) in [5, 5.41) is 0. The van der Waals surface area contributed by atoms with Crippen LogP contribution in [-0.2, 0) is 28.6 Å². The van der Waals surface area contributed by atoms with Crippen molar-refractivity contribution >= 4 is 17.9 Å². The number of unbranched alkanes of at least 4 members (excludes halogenated alkanes) is 8. The maximum atomic E-state index is 12.6. The van der Waals surface area contributed by atoms with Crippen molar-refractivity contribution in [2.24, 2.45) is 5.92 Å². The lowest BCUT2D eigenvalue weighted by molar-refractivity contribution is -0.168. The lowest BCUT2D eigenvalue weighted by Crippen LogP contribution is -2.33. The first kappa shape index (κ1) is 29.1. The van der Waals surface area contributed by atoms with Crippen LogP contribution in [0.2, 0.25) is 0 Å². The maximum absolute atomic E-state index is 12.6. The van der Waals surface area contributed by atoms with E-state index in [1.807, 2.05) is 13.8 Å². The van der Waals surface area contributed by atoms with Crippen LogP contribution in [-0.4, -0.2) is 37.2 Å². The molecule has 0 spiro atoms. The monoisotopic (exact) mass is 440 g/mol. The second-order valence-corrected chi connectivity index (χ2v) is 8.01. The molecule has 0 saturated carbocycles. The molecule has 0 aliphatic heterocycles. The summed E-state index contributed by atoms with van der Waals surface area (Å²) in [5.41, 5.74) is 0. The number of ether oxygens (including phenoxy) is 3. The number of carbonyl (C=O) groups is 3. The fraction of sp³-hybridized carbons (Fsp3) is 0.800. The van der Waals surface area contributed by atoms with Gasteiger partial charge in [0, 0.05) is 12.5 Å². The van der Waals surface area contributed by atoms with Crippen molar-refractivity contribution < 1.29 is 28.6 Å². The summed E-state index contributed by atoms with van der Waals surface area (Å²) < 4.78 is 15.8. The van der Waals surface area contributed by atoms with Gasteiger partial charge in [-0.05, 0) is 19.3 Å². The molecule has 6 nitrogen and oxygen atoms in total. The van der Waals surface area contributed by atoms with E-state index < -0.39 is 24.0 Å². The van der Waals surface area contributed by atoms with Gasteiger partial charge >= 0.3 is 17.9 Å². The predicted octanol–water partition coefficient (Wildman–Crippen LogP) is 5.92. The van der Waals surface area contributed by atoms with Crippen LogP contribution in [0.15, 0.2) is 12.7 Å². The molecule has 0 aromatic rings. The zero-order chi connectivity index (χ0) is 23.3. The van der Waals surface area contributed by atoms with Crippen LogP contribution < -0.4 is 0 Å². The van der Waals surface area contributed by atoms with Crippen molar-refractivity contribution in [3.63, 3.8) is 0 Å². The Morgan fingerprint density at radius 1 is 0.742 bits per heavy atom. The topological polar surface area (TPSA) is 78.9 Å². The van der Waals surface area contributed by atoms with Gasteiger partial charge in [-0.3, -0.25) is 4.79 Å². The number of hydrogen-bond donors (Lipinski definition) is 0. The minimum Gasteiger partial charge on any atom is -0.465 e. The van der Waals surface area contributed by atoms with Gasteiger partial charge in [0.25, 0.3) is 0 Å². The van der Waals surface area contributed by atoms with Crippen LogP contribution in [0.1, 0.15) is 104 Å². The minimum absolute atomic E-state index is 0.0641. The van der Waals surface area contributed by atoms with E-state index in [0.29, 0.717) is 13.0 Å². The molecule has 0 heterocycles. The first-order valence-corrected chi connectivity index (χ1v) is 12.2. The first-order chi connectivity index (χ1) is 15.0. The summed E-state index contributed by atoms with van der Waals surface area (Å²) in [7, 11) is 0. The largest absolute Gasteiger partial charge is 0.465 e. The molecular formula is C25H44O6. The van der Waals surface area contributed by atoms with Crippen molar-refractivity contribution in [3.05, 3.63) is 12.7 Å². The third kappa shape index (κ3) is 15.6. The normalized spacial score (nSPS) is 12.6. The van der Waals surface area contributed by atoms with Crippen molar-refractivity contribution in [1.82, 2.24) is 0 Å². The fourth-order valence-electron chi connectivity index (χ4n) is 3.26. The van der Waals surface area contributed by atoms with Gasteiger partial charge in [-0.15, -0.1) is 0 Å². The lowest BCUT2D eigenvalue weighted by atomic mass is 9.96. The van der Waals surface area contributed by atoms with Gasteiger partial charge in [-0.2, -0.15) is 0 Å². The molecule has 0 rings (SSSR count). The van der Waals surface area contributed by atoms with Crippen LogP contribution >= 0.6 is 0 Å². The molecule has 2 unspecified atom stereocenters. The lowest BCUT2D eigenvalue weighted by Gasteiger charge is -2.21. The van der Waals surface area contributed by atoms with Gasteiger partial charge in [-0.25, -0.2) is 9.59 Å². The maximum Gasteiger partial charge on any atom is 0.347 e. The van der Waals surface area contributed by atoms with E-state index in [2.05, 4.69) is 13.5 Å². The molecular weight excluding hydrogens is 396 g/mol. The molecule has 31 heavy (non-hydrogen) atoms. The zero-order valence-corrected chi connectivity index (χ0v) is 20.0. The average molecular weight is 441 g/mol. The molecule has 0 radical (unpaired) electrons. The van der Waals surface area contributed by atoms with Crippen LogP contribution in [0.4, 0.5) is 0 Å².